The average molecular weight is 224 g/mol. The van der Waals surface area contributed by atoms with Crippen LogP contribution >= 0.6 is 11.6 Å². The third kappa shape index (κ3) is 2.01. The summed E-state index contributed by atoms with van der Waals surface area (Å²) in [6.45, 7) is 1.18. The zero-order valence-electron chi connectivity index (χ0n) is 7.40. The smallest absolute Gasteiger partial charge is 0.287 e. The summed E-state index contributed by atoms with van der Waals surface area (Å²) < 4.78 is 39.2. The molecule has 0 heterocycles. The number of halogens is 4. The van der Waals surface area contributed by atoms with Crippen LogP contribution in [0.2, 0.25) is 5.02 Å². The third-order valence-corrected chi connectivity index (χ3v) is 2.17. The predicted molar refractivity (Wildman–Crippen MR) is 49.0 cm³/mol. The van der Waals surface area contributed by atoms with Gasteiger partial charge in [0.25, 0.3) is 5.92 Å². The molecule has 1 aromatic rings. The van der Waals surface area contributed by atoms with Crippen LogP contribution in [0.5, 0.6) is 0 Å². The monoisotopic (exact) mass is 223 g/mol. The molecule has 0 amide bonds. The Labute approximate surface area is 84.7 Å². The Balaban J connectivity index is 3.14. The Hall–Kier alpha value is -0.740. The van der Waals surface area contributed by atoms with Crippen LogP contribution in [0.25, 0.3) is 0 Å². The zero-order chi connectivity index (χ0) is 10.9. The van der Waals surface area contributed by atoms with Crippen LogP contribution < -0.4 is 5.73 Å². The highest BCUT2D eigenvalue weighted by Crippen LogP contribution is 2.32. The summed E-state index contributed by atoms with van der Waals surface area (Å²) in [7, 11) is 0. The molecule has 0 spiro atoms. The van der Waals surface area contributed by atoms with Gasteiger partial charge in [0.05, 0.1) is 11.1 Å². The molecule has 0 aromatic heterocycles. The number of alkyl halides is 2. The molecule has 0 aliphatic heterocycles. The van der Waals surface area contributed by atoms with Crippen molar-refractivity contribution >= 4 is 11.6 Å². The van der Waals surface area contributed by atoms with Crippen molar-refractivity contribution in [2.45, 2.75) is 18.9 Å². The number of benzene rings is 1. The Morgan fingerprint density at radius 3 is 2.43 bits per heavy atom. The van der Waals surface area contributed by atoms with Gasteiger partial charge in [0.15, 0.2) is 0 Å². The van der Waals surface area contributed by atoms with Crippen LogP contribution in [0.1, 0.15) is 12.5 Å². The first-order valence-electron chi connectivity index (χ1n) is 3.94. The van der Waals surface area contributed by atoms with E-state index < -0.39 is 17.8 Å². The second kappa shape index (κ2) is 3.79. The molecular weight excluding hydrogens is 215 g/mol. The van der Waals surface area contributed by atoms with E-state index in [1.54, 1.807) is 0 Å². The van der Waals surface area contributed by atoms with Crippen molar-refractivity contribution < 1.29 is 13.2 Å². The van der Waals surface area contributed by atoms with Crippen LogP contribution in [0.3, 0.4) is 0 Å². The van der Waals surface area contributed by atoms with Crippen LogP contribution in [0.15, 0.2) is 18.2 Å². The Morgan fingerprint density at radius 1 is 1.43 bits per heavy atom. The molecule has 0 saturated heterocycles. The zero-order valence-corrected chi connectivity index (χ0v) is 8.15. The second-order valence-electron chi connectivity index (χ2n) is 3.04. The topological polar surface area (TPSA) is 26.0 Å². The van der Waals surface area contributed by atoms with Gasteiger partial charge in [-0.05, 0) is 25.1 Å². The largest absolute Gasteiger partial charge is 0.323 e. The van der Waals surface area contributed by atoms with Gasteiger partial charge in [-0.15, -0.1) is 0 Å². The molecule has 0 fully saturated rings. The van der Waals surface area contributed by atoms with Gasteiger partial charge in [-0.25, -0.2) is 4.39 Å². The van der Waals surface area contributed by atoms with E-state index in [2.05, 4.69) is 0 Å². The summed E-state index contributed by atoms with van der Waals surface area (Å²) in [5.41, 5.74) is 4.73. The number of hydrogen-bond acceptors (Lipinski definition) is 1. The van der Waals surface area contributed by atoms with E-state index in [0.29, 0.717) is 0 Å². The normalized spacial score (nSPS) is 14.1. The molecule has 0 aliphatic carbocycles. The van der Waals surface area contributed by atoms with Gasteiger partial charge < -0.3 is 5.73 Å². The highest BCUT2D eigenvalue weighted by molar-refractivity contribution is 6.30. The van der Waals surface area contributed by atoms with Gasteiger partial charge >= 0.3 is 0 Å². The van der Waals surface area contributed by atoms with Gasteiger partial charge in [0, 0.05) is 5.56 Å². The van der Waals surface area contributed by atoms with Crippen molar-refractivity contribution in [3.05, 3.63) is 34.6 Å². The van der Waals surface area contributed by atoms with Gasteiger partial charge in [0.2, 0.25) is 0 Å². The van der Waals surface area contributed by atoms with E-state index in [1.807, 2.05) is 0 Å². The average Bonchev–Trinajstić information content (AvgIpc) is 2.09. The minimum absolute atomic E-state index is 0.331. The molecule has 1 atom stereocenters. The van der Waals surface area contributed by atoms with E-state index in [1.165, 1.54) is 6.92 Å². The molecule has 5 heteroatoms. The summed E-state index contributed by atoms with van der Waals surface area (Å²) in [6.07, 6.45) is 0. The number of hydrogen-bond donors (Lipinski definition) is 1. The summed E-state index contributed by atoms with van der Waals surface area (Å²) in [6, 6.07) is 1.42. The lowest BCUT2D eigenvalue weighted by Gasteiger charge is -2.20. The van der Waals surface area contributed by atoms with Gasteiger partial charge in [-0.1, -0.05) is 11.6 Å². The summed E-state index contributed by atoms with van der Waals surface area (Å²) in [5, 5.41) is -0.331. The standard InChI is InChI=1S/C9H9ClF3N/c1-5(14)9(12,13)6-2-3-8(11)7(10)4-6/h2-5H,14H2,1H3. The lowest BCUT2D eigenvalue weighted by atomic mass is 10.0. The highest BCUT2D eigenvalue weighted by atomic mass is 35.5. The Bertz CT molecular complexity index is 339. The molecule has 1 rings (SSSR count). The first-order chi connectivity index (χ1) is 6.35. The van der Waals surface area contributed by atoms with Crippen molar-refractivity contribution in [2.75, 3.05) is 0 Å². The van der Waals surface area contributed by atoms with Crippen molar-refractivity contribution in [1.82, 2.24) is 0 Å². The van der Waals surface area contributed by atoms with Gasteiger partial charge in [0.1, 0.15) is 5.82 Å². The molecule has 78 valence electrons. The number of rotatable bonds is 2. The fourth-order valence-corrected chi connectivity index (χ4v) is 1.15. The first-order valence-corrected chi connectivity index (χ1v) is 4.32. The van der Waals surface area contributed by atoms with E-state index in [0.717, 1.165) is 18.2 Å². The highest BCUT2D eigenvalue weighted by Gasteiger charge is 2.36. The molecule has 0 aliphatic rings. The molecule has 2 N–H and O–H groups in total. The fraction of sp³-hybridized carbons (Fsp3) is 0.333. The number of nitrogens with two attached hydrogens (primary N) is 1. The van der Waals surface area contributed by atoms with E-state index in [9.17, 15) is 13.2 Å². The van der Waals surface area contributed by atoms with Crippen molar-refractivity contribution in [3.8, 4) is 0 Å². The second-order valence-corrected chi connectivity index (χ2v) is 3.45. The first kappa shape index (κ1) is 11.3. The maximum absolute atomic E-state index is 13.3. The molecule has 1 nitrogen and oxygen atoms in total. The SMILES string of the molecule is CC(N)C(F)(F)c1ccc(F)c(Cl)c1. The molecule has 1 aromatic carbocycles. The van der Waals surface area contributed by atoms with Crippen molar-refractivity contribution in [3.63, 3.8) is 0 Å². The van der Waals surface area contributed by atoms with Gasteiger partial charge in [-0.3, -0.25) is 0 Å². The maximum atomic E-state index is 13.3. The van der Waals surface area contributed by atoms with E-state index in [4.69, 9.17) is 17.3 Å². The van der Waals surface area contributed by atoms with Crippen LogP contribution in [0.4, 0.5) is 13.2 Å². The lowest BCUT2D eigenvalue weighted by molar-refractivity contribution is -0.0256. The maximum Gasteiger partial charge on any atom is 0.287 e. The van der Waals surface area contributed by atoms with Crippen molar-refractivity contribution in [2.24, 2.45) is 5.73 Å². The minimum atomic E-state index is -3.20. The molecule has 1 unspecified atom stereocenters. The van der Waals surface area contributed by atoms with E-state index in [-0.39, 0.29) is 10.6 Å². The van der Waals surface area contributed by atoms with Crippen LogP contribution in [-0.2, 0) is 5.92 Å². The minimum Gasteiger partial charge on any atom is -0.323 e. The molecule has 0 saturated carbocycles. The summed E-state index contributed by atoms with van der Waals surface area (Å²) in [5.74, 6) is -3.92. The van der Waals surface area contributed by atoms with Crippen LogP contribution in [0, 0.1) is 5.82 Å². The lowest BCUT2D eigenvalue weighted by Crippen LogP contribution is -2.35. The predicted octanol–water partition coefficient (Wildman–Crippen LogP) is 2.92. The van der Waals surface area contributed by atoms with Crippen molar-refractivity contribution in [1.29, 1.82) is 0 Å². The van der Waals surface area contributed by atoms with Gasteiger partial charge in [-0.2, -0.15) is 8.78 Å². The third-order valence-electron chi connectivity index (χ3n) is 1.88. The molecular formula is C9H9ClF3N. The molecule has 0 radical (unpaired) electrons. The van der Waals surface area contributed by atoms with E-state index >= 15 is 0 Å². The molecule has 0 bridgehead atoms. The molecule has 14 heavy (non-hydrogen) atoms. The Morgan fingerprint density at radius 2 is 2.00 bits per heavy atom. The summed E-state index contributed by atoms with van der Waals surface area (Å²) in [4.78, 5) is 0. The quantitative estimate of drug-likeness (QED) is 0.820. The Kier molecular flexibility index (Phi) is 3.07. The fourth-order valence-electron chi connectivity index (χ4n) is 0.966. The summed E-state index contributed by atoms with van der Waals surface area (Å²) >= 11 is 5.38. The van der Waals surface area contributed by atoms with Crippen LogP contribution in [-0.4, -0.2) is 6.04 Å².